The number of hydrogen-bond acceptors (Lipinski definition) is 5. The lowest BCUT2D eigenvalue weighted by Crippen LogP contribution is -2.48. The molecule has 7 heteroatoms. The highest BCUT2D eigenvalue weighted by Gasteiger charge is 2.37. The van der Waals surface area contributed by atoms with Crippen molar-refractivity contribution < 1.29 is 18.3 Å². The van der Waals surface area contributed by atoms with Crippen molar-refractivity contribution in [1.82, 2.24) is 9.62 Å². The first-order valence-electron chi connectivity index (χ1n) is 8.52. The van der Waals surface area contributed by atoms with E-state index in [1.165, 1.54) is 0 Å². The molecule has 1 saturated heterocycles. The number of rotatable bonds is 6. The first-order chi connectivity index (χ1) is 11.5. The lowest BCUT2D eigenvalue weighted by atomic mass is 10.1. The molecule has 2 N–H and O–H groups in total. The molecule has 1 aliphatic heterocycles. The van der Waals surface area contributed by atoms with Crippen molar-refractivity contribution in [3.8, 4) is 0 Å². The molecular formula is C17H26N2O4S. The summed E-state index contributed by atoms with van der Waals surface area (Å²) in [6.45, 7) is 1.96. The third kappa shape index (κ3) is 3.97. The Morgan fingerprint density at radius 1 is 1.25 bits per heavy atom. The van der Waals surface area contributed by atoms with Crippen LogP contribution >= 0.6 is 0 Å². The second-order valence-electron chi connectivity index (χ2n) is 6.74. The van der Waals surface area contributed by atoms with E-state index in [1.54, 1.807) is 31.4 Å². The molecular weight excluding hydrogens is 328 g/mol. The second-order valence-corrected chi connectivity index (χ2v) is 8.45. The van der Waals surface area contributed by atoms with Crippen LogP contribution in [0.15, 0.2) is 29.2 Å². The average Bonchev–Trinajstić information content (AvgIpc) is 3.16. The zero-order chi connectivity index (χ0) is 17.2. The summed E-state index contributed by atoms with van der Waals surface area (Å²) < 4.78 is 33.3. The molecule has 2 fully saturated rings. The molecule has 3 rings (SSSR count). The zero-order valence-corrected chi connectivity index (χ0v) is 14.8. The largest absolute Gasteiger partial charge is 0.392 e. The van der Waals surface area contributed by atoms with Gasteiger partial charge in [0.05, 0.1) is 17.6 Å². The fraction of sp³-hybridized carbons (Fsp3) is 0.647. The van der Waals surface area contributed by atoms with Gasteiger partial charge in [-0.2, -0.15) is 0 Å². The van der Waals surface area contributed by atoms with Crippen LogP contribution in [0.2, 0.25) is 0 Å². The van der Waals surface area contributed by atoms with Crippen molar-refractivity contribution in [2.24, 2.45) is 0 Å². The Morgan fingerprint density at radius 2 is 2.00 bits per heavy atom. The predicted molar refractivity (Wildman–Crippen MR) is 91.1 cm³/mol. The van der Waals surface area contributed by atoms with E-state index in [0.29, 0.717) is 13.2 Å². The van der Waals surface area contributed by atoms with Crippen LogP contribution in [-0.4, -0.2) is 56.8 Å². The summed E-state index contributed by atoms with van der Waals surface area (Å²) in [5, 5.41) is 9.74. The zero-order valence-electron chi connectivity index (χ0n) is 14.0. The Morgan fingerprint density at radius 3 is 2.62 bits per heavy atom. The maximum atomic E-state index is 12.7. The lowest BCUT2D eigenvalue weighted by Gasteiger charge is -2.29. The van der Waals surface area contributed by atoms with Crippen LogP contribution in [0.25, 0.3) is 0 Å². The third-order valence-electron chi connectivity index (χ3n) is 4.99. The molecule has 0 aromatic heterocycles. The van der Waals surface area contributed by atoms with Gasteiger partial charge in [0.25, 0.3) is 0 Å². The van der Waals surface area contributed by atoms with E-state index in [1.807, 2.05) is 0 Å². The number of nitrogens with zero attached hydrogens (tertiary/aromatic N) is 1. The molecule has 0 amide bonds. The van der Waals surface area contributed by atoms with Gasteiger partial charge in [-0.1, -0.05) is 18.6 Å². The number of benzene rings is 1. The Labute approximate surface area is 143 Å². The Balaban J connectivity index is 1.68. The minimum atomic E-state index is -3.53. The van der Waals surface area contributed by atoms with Crippen molar-refractivity contribution >= 4 is 10.0 Å². The van der Waals surface area contributed by atoms with Gasteiger partial charge >= 0.3 is 0 Å². The molecule has 0 spiro atoms. The van der Waals surface area contributed by atoms with Crippen LogP contribution < -0.4 is 4.72 Å². The summed E-state index contributed by atoms with van der Waals surface area (Å²) in [5.41, 5.74) is 0.946. The molecule has 24 heavy (non-hydrogen) atoms. The maximum Gasteiger partial charge on any atom is 0.240 e. The molecule has 0 bridgehead atoms. The number of aliphatic hydroxyl groups excluding tert-OH is 1. The van der Waals surface area contributed by atoms with Gasteiger partial charge in [0.1, 0.15) is 0 Å². The molecule has 1 aromatic carbocycles. The standard InChI is InChI=1S/C17H26N2O4S/c1-23-12-13-5-7-15(8-6-13)24(21,22)18-16-3-2-4-17(16)19-10-9-14(20)11-19/h5-8,14,16-18,20H,2-4,9-12H2,1H3/t14?,16-,17+/m1/s1. The van der Waals surface area contributed by atoms with E-state index in [4.69, 9.17) is 4.74 Å². The van der Waals surface area contributed by atoms with Gasteiger partial charge in [-0.25, -0.2) is 13.1 Å². The number of sulfonamides is 1. The maximum absolute atomic E-state index is 12.7. The predicted octanol–water partition coefficient (Wildman–Crippen LogP) is 1.10. The van der Waals surface area contributed by atoms with Crippen LogP contribution in [0.4, 0.5) is 0 Å². The Kier molecular flexibility index (Phi) is 5.56. The number of likely N-dealkylation sites (tertiary alicyclic amines) is 1. The van der Waals surface area contributed by atoms with E-state index < -0.39 is 10.0 Å². The van der Waals surface area contributed by atoms with E-state index in [-0.39, 0.29) is 23.1 Å². The fourth-order valence-electron chi connectivity index (χ4n) is 3.78. The summed E-state index contributed by atoms with van der Waals surface area (Å²) in [5.74, 6) is 0. The van der Waals surface area contributed by atoms with Gasteiger partial charge < -0.3 is 9.84 Å². The van der Waals surface area contributed by atoms with Gasteiger partial charge in [-0.05, 0) is 37.0 Å². The Hall–Kier alpha value is -0.990. The monoisotopic (exact) mass is 354 g/mol. The second kappa shape index (κ2) is 7.49. The molecule has 6 nitrogen and oxygen atoms in total. The number of hydrogen-bond donors (Lipinski definition) is 2. The van der Waals surface area contributed by atoms with E-state index in [9.17, 15) is 13.5 Å². The number of aliphatic hydroxyl groups is 1. The number of nitrogens with one attached hydrogen (secondary N) is 1. The summed E-state index contributed by atoms with van der Waals surface area (Å²) in [6.07, 6.45) is 3.33. The normalized spacial score (nSPS) is 28.5. The first-order valence-corrected chi connectivity index (χ1v) is 10.0. The van der Waals surface area contributed by atoms with Crippen LogP contribution in [0.3, 0.4) is 0 Å². The lowest BCUT2D eigenvalue weighted by molar-refractivity contribution is 0.153. The van der Waals surface area contributed by atoms with E-state index in [2.05, 4.69) is 9.62 Å². The summed E-state index contributed by atoms with van der Waals surface area (Å²) in [4.78, 5) is 2.52. The molecule has 0 radical (unpaired) electrons. The molecule has 1 heterocycles. The van der Waals surface area contributed by atoms with Gasteiger partial charge in [0.2, 0.25) is 10.0 Å². The number of β-amino-alcohol motifs (C(OH)–C–C–N with tert-alkyl or cyclic N) is 1. The van der Waals surface area contributed by atoms with Crippen molar-refractivity contribution in [2.45, 2.75) is 55.4 Å². The van der Waals surface area contributed by atoms with Crippen LogP contribution in [0, 0.1) is 0 Å². The molecule has 134 valence electrons. The molecule has 2 aliphatic rings. The molecule has 1 unspecified atom stereocenters. The van der Waals surface area contributed by atoms with Crippen LogP contribution in [0.5, 0.6) is 0 Å². The number of ether oxygens (including phenoxy) is 1. The van der Waals surface area contributed by atoms with Crippen molar-refractivity contribution in [3.05, 3.63) is 29.8 Å². The molecule has 3 atom stereocenters. The third-order valence-corrected chi connectivity index (χ3v) is 6.50. The fourth-order valence-corrected chi connectivity index (χ4v) is 5.09. The van der Waals surface area contributed by atoms with Crippen LogP contribution in [-0.2, 0) is 21.4 Å². The van der Waals surface area contributed by atoms with Crippen molar-refractivity contribution in [1.29, 1.82) is 0 Å². The Bertz CT molecular complexity index is 647. The SMILES string of the molecule is COCc1ccc(S(=O)(=O)N[C@@H]2CCC[C@@H]2N2CCC(O)C2)cc1. The minimum absolute atomic E-state index is 0.0843. The quantitative estimate of drug-likeness (QED) is 0.800. The van der Waals surface area contributed by atoms with Gasteiger partial charge in [0, 0.05) is 32.3 Å². The average molecular weight is 354 g/mol. The van der Waals surface area contributed by atoms with Crippen molar-refractivity contribution in [3.63, 3.8) is 0 Å². The van der Waals surface area contributed by atoms with E-state index in [0.717, 1.165) is 37.8 Å². The highest BCUT2D eigenvalue weighted by molar-refractivity contribution is 7.89. The summed E-state index contributed by atoms with van der Waals surface area (Å²) in [6, 6.07) is 6.91. The highest BCUT2D eigenvalue weighted by atomic mass is 32.2. The highest BCUT2D eigenvalue weighted by Crippen LogP contribution is 2.28. The molecule has 1 aromatic rings. The van der Waals surface area contributed by atoms with Crippen molar-refractivity contribution in [2.75, 3.05) is 20.2 Å². The van der Waals surface area contributed by atoms with Gasteiger partial charge in [0.15, 0.2) is 0 Å². The smallest absolute Gasteiger partial charge is 0.240 e. The van der Waals surface area contributed by atoms with Gasteiger partial charge in [-0.15, -0.1) is 0 Å². The van der Waals surface area contributed by atoms with Crippen LogP contribution in [0.1, 0.15) is 31.2 Å². The first kappa shape index (κ1) is 17.8. The number of methoxy groups -OCH3 is 1. The van der Waals surface area contributed by atoms with Gasteiger partial charge in [-0.3, -0.25) is 4.90 Å². The molecule has 1 saturated carbocycles. The minimum Gasteiger partial charge on any atom is -0.392 e. The summed E-state index contributed by atoms with van der Waals surface area (Å²) in [7, 11) is -1.92. The topological polar surface area (TPSA) is 78.9 Å². The summed E-state index contributed by atoms with van der Waals surface area (Å²) >= 11 is 0. The van der Waals surface area contributed by atoms with E-state index >= 15 is 0 Å². The molecule has 1 aliphatic carbocycles.